The van der Waals surface area contributed by atoms with E-state index in [0.29, 0.717) is 11.3 Å². The summed E-state index contributed by atoms with van der Waals surface area (Å²) < 4.78 is 32.5. The summed E-state index contributed by atoms with van der Waals surface area (Å²) in [5, 5.41) is 0. The van der Waals surface area contributed by atoms with E-state index in [1.165, 1.54) is 24.3 Å². The molecular weight excluding hydrogens is 362 g/mol. The van der Waals surface area contributed by atoms with Crippen molar-refractivity contribution in [3.63, 3.8) is 0 Å². The van der Waals surface area contributed by atoms with Gasteiger partial charge in [-0.3, -0.25) is 4.72 Å². The Bertz CT molecular complexity index is 1010. The average molecular weight is 381 g/mol. The molecule has 3 aromatic rings. The second-order valence-corrected chi connectivity index (χ2v) is 7.74. The van der Waals surface area contributed by atoms with Crippen LogP contribution < -0.4 is 4.72 Å². The summed E-state index contributed by atoms with van der Waals surface area (Å²) in [4.78, 5) is 12.3. The number of anilines is 1. The van der Waals surface area contributed by atoms with Crippen molar-refractivity contribution in [3.8, 4) is 0 Å². The van der Waals surface area contributed by atoms with Gasteiger partial charge < -0.3 is 4.74 Å². The zero-order valence-corrected chi connectivity index (χ0v) is 15.6. The van der Waals surface area contributed by atoms with E-state index in [0.717, 1.165) is 11.1 Å². The number of aryl methyl sites for hydroxylation is 1. The molecule has 5 nitrogen and oxygen atoms in total. The lowest BCUT2D eigenvalue weighted by atomic mass is 10.2. The first-order valence-electron chi connectivity index (χ1n) is 8.35. The Morgan fingerprint density at radius 3 is 2.15 bits per heavy atom. The molecule has 0 aromatic heterocycles. The van der Waals surface area contributed by atoms with Crippen molar-refractivity contribution in [3.05, 3.63) is 95.6 Å². The van der Waals surface area contributed by atoms with Crippen LogP contribution in [0.1, 0.15) is 21.5 Å². The van der Waals surface area contributed by atoms with Crippen LogP contribution in [0.3, 0.4) is 0 Å². The molecule has 0 atom stereocenters. The molecule has 3 aromatic carbocycles. The highest BCUT2D eigenvalue weighted by Crippen LogP contribution is 2.18. The summed E-state index contributed by atoms with van der Waals surface area (Å²) in [5.74, 6) is -0.466. The quantitative estimate of drug-likeness (QED) is 0.651. The molecule has 0 amide bonds. The average Bonchev–Trinajstić information content (AvgIpc) is 2.67. The first-order chi connectivity index (χ1) is 12.9. The van der Waals surface area contributed by atoms with Gasteiger partial charge in [0.1, 0.15) is 6.61 Å². The molecule has 0 fully saturated rings. The van der Waals surface area contributed by atoms with Gasteiger partial charge in [0, 0.05) is 5.69 Å². The van der Waals surface area contributed by atoms with Gasteiger partial charge in [0.25, 0.3) is 10.0 Å². The van der Waals surface area contributed by atoms with Gasteiger partial charge >= 0.3 is 5.97 Å². The summed E-state index contributed by atoms with van der Waals surface area (Å²) >= 11 is 0. The number of sulfonamides is 1. The van der Waals surface area contributed by atoms with Crippen molar-refractivity contribution >= 4 is 21.7 Å². The van der Waals surface area contributed by atoms with E-state index in [9.17, 15) is 13.2 Å². The van der Waals surface area contributed by atoms with Crippen molar-refractivity contribution < 1.29 is 17.9 Å². The summed E-state index contributed by atoms with van der Waals surface area (Å²) in [6.07, 6.45) is 0. The lowest BCUT2D eigenvalue weighted by Crippen LogP contribution is -2.13. The number of ether oxygens (including phenoxy) is 1. The Kier molecular flexibility index (Phi) is 5.57. The van der Waals surface area contributed by atoms with Crippen LogP contribution in [-0.4, -0.2) is 14.4 Å². The standard InChI is InChI=1S/C21H19NO4S/c1-16-7-13-20(14-8-16)27(24,25)22-19-11-9-18(10-12-19)21(23)26-15-17-5-3-2-4-6-17/h2-14,22H,15H2,1H3. The maximum absolute atomic E-state index is 12.4. The third-order valence-electron chi connectivity index (χ3n) is 3.92. The summed E-state index contributed by atoms with van der Waals surface area (Å²) in [6.45, 7) is 2.07. The Morgan fingerprint density at radius 2 is 1.52 bits per heavy atom. The molecule has 0 saturated carbocycles. The minimum absolute atomic E-state index is 0.180. The smallest absolute Gasteiger partial charge is 0.338 e. The minimum atomic E-state index is -3.68. The van der Waals surface area contributed by atoms with Crippen LogP contribution in [0.5, 0.6) is 0 Å². The number of hydrogen-bond donors (Lipinski definition) is 1. The SMILES string of the molecule is Cc1ccc(S(=O)(=O)Nc2ccc(C(=O)OCc3ccccc3)cc2)cc1. The molecular formula is C21H19NO4S. The maximum atomic E-state index is 12.4. The van der Waals surface area contributed by atoms with Gasteiger partial charge in [-0.1, -0.05) is 48.0 Å². The van der Waals surface area contributed by atoms with Crippen LogP contribution in [-0.2, 0) is 21.4 Å². The van der Waals surface area contributed by atoms with Crippen LogP contribution in [0.4, 0.5) is 5.69 Å². The van der Waals surface area contributed by atoms with Crippen LogP contribution in [0.15, 0.2) is 83.8 Å². The number of hydrogen-bond acceptors (Lipinski definition) is 4. The molecule has 0 radical (unpaired) electrons. The Balaban J connectivity index is 1.64. The molecule has 0 spiro atoms. The number of carbonyl (C=O) groups is 1. The molecule has 0 aliphatic carbocycles. The number of benzene rings is 3. The Morgan fingerprint density at radius 1 is 0.889 bits per heavy atom. The number of carbonyl (C=O) groups excluding carboxylic acids is 1. The number of nitrogens with one attached hydrogen (secondary N) is 1. The van der Waals surface area contributed by atoms with Crippen molar-refractivity contribution in [2.24, 2.45) is 0 Å². The second kappa shape index (κ2) is 8.05. The largest absolute Gasteiger partial charge is 0.457 e. The predicted molar refractivity (Wildman–Crippen MR) is 104 cm³/mol. The molecule has 1 N–H and O–H groups in total. The first kappa shape index (κ1) is 18.7. The number of rotatable bonds is 6. The fourth-order valence-electron chi connectivity index (χ4n) is 2.41. The fraction of sp³-hybridized carbons (Fsp3) is 0.0952. The van der Waals surface area contributed by atoms with Gasteiger partial charge in [-0.2, -0.15) is 0 Å². The predicted octanol–water partition coefficient (Wildman–Crippen LogP) is 4.15. The second-order valence-electron chi connectivity index (χ2n) is 6.06. The van der Waals surface area contributed by atoms with Crippen LogP contribution in [0.25, 0.3) is 0 Å². The van der Waals surface area contributed by atoms with Crippen LogP contribution in [0, 0.1) is 6.92 Å². The fourth-order valence-corrected chi connectivity index (χ4v) is 3.47. The van der Waals surface area contributed by atoms with Gasteiger partial charge in [-0.15, -0.1) is 0 Å². The van der Waals surface area contributed by atoms with E-state index in [-0.39, 0.29) is 11.5 Å². The molecule has 0 heterocycles. The maximum Gasteiger partial charge on any atom is 0.338 e. The molecule has 0 unspecified atom stereocenters. The van der Waals surface area contributed by atoms with E-state index in [4.69, 9.17) is 4.74 Å². The van der Waals surface area contributed by atoms with Crippen molar-refractivity contribution in [1.82, 2.24) is 0 Å². The molecule has 0 aliphatic rings. The molecule has 3 rings (SSSR count). The van der Waals surface area contributed by atoms with Gasteiger partial charge in [-0.05, 0) is 48.9 Å². The van der Waals surface area contributed by atoms with Crippen molar-refractivity contribution in [2.75, 3.05) is 4.72 Å². The molecule has 0 bridgehead atoms. The van der Waals surface area contributed by atoms with E-state index in [2.05, 4.69) is 4.72 Å². The van der Waals surface area contributed by atoms with Crippen molar-refractivity contribution in [1.29, 1.82) is 0 Å². The van der Waals surface area contributed by atoms with Crippen LogP contribution in [0.2, 0.25) is 0 Å². The zero-order chi connectivity index (χ0) is 19.3. The molecule has 138 valence electrons. The normalized spacial score (nSPS) is 11.0. The molecule has 27 heavy (non-hydrogen) atoms. The Labute approximate surface area is 158 Å². The van der Waals surface area contributed by atoms with E-state index >= 15 is 0 Å². The van der Waals surface area contributed by atoms with Gasteiger partial charge in [0.2, 0.25) is 0 Å². The highest BCUT2D eigenvalue weighted by Gasteiger charge is 2.14. The summed E-state index contributed by atoms with van der Waals surface area (Å²) in [6, 6.07) is 22.1. The highest BCUT2D eigenvalue weighted by atomic mass is 32.2. The third-order valence-corrected chi connectivity index (χ3v) is 5.31. The van der Waals surface area contributed by atoms with Gasteiger partial charge in [0.15, 0.2) is 0 Å². The number of esters is 1. The monoisotopic (exact) mass is 381 g/mol. The molecule has 6 heteroatoms. The topological polar surface area (TPSA) is 72.5 Å². The van der Waals surface area contributed by atoms with E-state index < -0.39 is 16.0 Å². The van der Waals surface area contributed by atoms with E-state index in [1.54, 1.807) is 24.3 Å². The lowest BCUT2D eigenvalue weighted by molar-refractivity contribution is 0.0472. The zero-order valence-electron chi connectivity index (χ0n) is 14.8. The van der Waals surface area contributed by atoms with Crippen LogP contribution >= 0.6 is 0 Å². The van der Waals surface area contributed by atoms with Gasteiger partial charge in [0.05, 0.1) is 10.5 Å². The first-order valence-corrected chi connectivity index (χ1v) is 9.83. The summed E-state index contributed by atoms with van der Waals surface area (Å²) in [7, 11) is -3.68. The minimum Gasteiger partial charge on any atom is -0.457 e. The Hall–Kier alpha value is -3.12. The third kappa shape index (κ3) is 4.95. The lowest BCUT2D eigenvalue weighted by Gasteiger charge is -2.09. The molecule has 0 aliphatic heterocycles. The summed E-state index contributed by atoms with van der Waals surface area (Å²) in [5.41, 5.74) is 2.60. The highest BCUT2D eigenvalue weighted by molar-refractivity contribution is 7.92. The van der Waals surface area contributed by atoms with Crippen molar-refractivity contribution in [2.45, 2.75) is 18.4 Å². The van der Waals surface area contributed by atoms with E-state index in [1.807, 2.05) is 37.3 Å². The van der Waals surface area contributed by atoms with Gasteiger partial charge in [-0.25, -0.2) is 13.2 Å². The molecule has 0 saturated heterocycles.